The van der Waals surface area contributed by atoms with E-state index in [0.29, 0.717) is 5.69 Å². The van der Waals surface area contributed by atoms with Crippen LogP contribution in [-0.4, -0.2) is 15.8 Å². The third-order valence-corrected chi connectivity index (χ3v) is 2.56. The Morgan fingerprint density at radius 3 is 3.23 bits per heavy atom. The van der Waals surface area contributed by atoms with Gasteiger partial charge in [0.2, 0.25) is 0 Å². The molecule has 0 radical (unpaired) electrons. The summed E-state index contributed by atoms with van der Waals surface area (Å²) in [5.41, 5.74) is 2.49. The topological polar surface area (TPSA) is 34.9 Å². The van der Waals surface area contributed by atoms with Crippen molar-refractivity contribution in [3.63, 3.8) is 0 Å². The van der Waals surface area contributed by atoms with E-state index in [2.05, 4.69) is 4.98 Å². The first-order valence-electron chi connectivity index (χ1n) is 3.88. The van der Waals surface area contributed by atoms with Gasteiger partial charge in [-0.3, -0.25) is 9.78 Å². The molecule has 4 heteroatoms. The van der Waals surface area contributed by atoms with E-state index in [-0.39, 0.29) is 0 Å². The van der Waals surface area contributed by atoms with E-state index in [0.717, 1.165) is 17.7 Å². The summed E-state index contributed by atoms with van der Waals surface area (Å²) in [6.45, 7) is 0.728. The zero-order chi connectivity index (χ0) is 9.10. The van der Waals surface area contributed by atoms with Gasteiger partial charge < -0.3 is 4.57 Å². The van der Waals surface area contributed by atoms with Crippen molar-refractivity contribution in [3.05, 3.63) is 40.6 Å². The Balaban J connectivity index is 2.23. The van der Waals surface area contributed by atoms with Crippen molar-refractivity contribution in [1.29, 1.82) is 0 Å². The van der Waals surface area contributed by atoms with Gasteiger partial charge in [-0.2, -0.15) is 0 Å². The average Bonchev–Trinajstić information content (AvgIpc) is 2.76. The van der Waals surface area contributed by atoms with Crippen LogP contribution in [0.15, 0.2) is 30.0 Å². The van der Waals surface area contributed by atoms with Gasteiger partial charge in [0.05, 0.1) is 17.7 Å². The molecule has 0 saturated carbocycles. The Hall–Kier alpha value is -1.42. The van der Waals surface area contributed by atoms with Gasteiger partial charge in [-0.1, -0.05) is 0 Å². The Labute approximate surface area is 79.7 Å². The van der Waals surface area contributed by atoms with Crippen molar-refractivity contribution in [2.75, 3.05) is 0 Å². The average molecular weight is 192 g/mol. The van der Waals surface area contributed by atoms with Crippen molar-refractivity contribution in [2.24, 2.45) is 0 Å². The molecule has 0 amide bonds. The van der Waals surface area contributed by atoms with Crippen molar-refractivity contribution < 1.29 is 4.79 Å². The minimum Gasteiger partial charge on any atom is -0.340 e. The Bertz CT molecular complexity index is 391. The van der Waals surface area contributed by atoms with Gasteiger partial charge in [0.1, 0.15) is 0 Å². The second kappa shape index (κ2) is 3.53. The zero-order valence-corrected chi connectivity index (χ0v) is 7.70. The van der Waals surface area contributed by atoms with E-state index in [1.807, 2.05) is 23.0 Å². The van der Waals surface area contributed by atoms with Crippen LogP contribution in [0.3, 0.4) is 0 Å². The molecule has 0 unspecified atom stereocenters. The predicted molar refractivity (Wildman–Crippen MR) is 51.0 cm³/mol. The maximum Gasteiger partial charge on any atom is 0.166 e. The first kappa shape index (κ1) is 8.19. The number of hydrogen-bond donors (Lipinski definition) is 0. The van der Waals surface area contributed by atoms with E-state index >= 15 is 0 Å². The molecule has 0 atom stereocenters. The smallest absolute Gasteiger partial charge is 0.166 e. The highest BCUT2D eigenvalue weighted by Crippen LogP contribution is 2.09. The van der Waals surface area contributed by atoms with Crippen LogP contribution in [0.1, 0.15) is 15.4 Å². The second-order valence-corrected chi connectivity index (χ2v) is 3.62. The maximum atomic E-state index is 10.6. The van der Waals surface area contributed by atoms with Crippen LogP contribution in [0.5, 0.6) is 0 Å². The van der Waals surface area contributed by atoms with Crippen LogP contribution in [0.4, 0.5) is 0 Å². The number of hydrogen-bond acceptors (Lipinski definition) is 3. The summed E-state index contributed by atoms with van der Waals surface area (Å²) in [5, 5.41) is 0. The SMILES string of the molecule is O=Cc1cccn1Cc1cncs1. The first-order valence-corrected chi connectivity index (χ1v) is 4.76. The lowest BCUT2D eigenvalue weighted by Gasteiger charge is -2.01. The lowest BCUT2D eigenvalue weighted by atomic mass is 10.4. The monoisotopic (exact) mass is 192 g/mol. The third-order valence-electron chi connectivity index (χ3n) is 1.80. The van der Waals surface area contributed by atoms with Crippen molar-refractivity contribution in [1.82, 2.24) is 9.55 Å². The molecule has 2 aromatic rings. The third kappa shape index (κ3) is 1.67. The van der Waals surface area contributed by atoms with Gasteiger partial charge in [0.15, 0.2) is 6.29 Å². The molecule has 0 bridgehead atoms. The number of carbonyl (C=O) groups excluding carboxylic acids is 1. The number of carbonyl (C=O) groups is 1. The van der Waals surface area contributed by atoms with Crippen LogP contribution in [0, 0.1) is 0 Å². The van der Waals surface area contributed by atoms with Crippen molar-refractivity contribution in [3.8, 4) is 0 Å². The van der Waals surface area contributed by atoms with E-state index in [9.17, 15) is 4.79 Å². The number of rotatable bonds is 3. The van der Waals surface area contributed by atoms with Gasteiger partial charge >= 0.3 is 0 Å². The van der Waals surface area contributed by atoms with E-state index in [1.165, 1.54) is 0 Å². The standard InChI is InChI=1S/C9H8N2OS/c12-6-8-2-1-3-11(8)5-9-4-10-7-13-9/h1-4,6-7H,5H2. The minimum absolute atomic E-state index is 0.702. The fourth-order valence-electron chi connectivity index (χ4n) is 1.17. The van der Waals surface area contributed by atoms with Gasteiger partial charge in [-0.15, -0.1) is 11.3 Å². The van der Waals surface area contributed by atoms with Gasteiger partial charge in [0.25, 0.3) is 0 Å². The summed E-state index contributed by atoms with van der Waals surface area (Å²) < 4.78 is 1.90. The van der Waals surface area contributed by atoms with E-state index in [4.69, 9.17) is 0 Å². The summed E-state index contributed by atoms with van der Waals surface area (Å²) >= 11 is 1.59. The van der Waals surface area contributed by atoms with Crippen molar-refractivity contribution >= 4 is 17.6 Å². The zero-order valence-electron chi connectivity index (χ0n) is 6.88. The molecular weight excluding hydrogens is 184 g/mol. The molecule has 0 saturated heterocycles. The normalized spacial score (nSPS) is 10.2. The molecular formula is C9H8N2OS. The van der Waals surface area contributed by atoms with E-state index in [1.54, 1.807) is 22.9 Å². The summed E-state index contributed by atoms with van der Waals surface area (Å²) in [6, 6.07) is 3.67. The molecule has 0 fully saturated rings. The van der Waals surface area contributed by atoms with E-state index < -0.39 is 0 Å². The summed E-state index contributed by atoms with van der Waals surface area (Å²) in [5.74, 6) is 0. The maximum absolute atomic E-state index is 10.6. The quantitative estimate of drug-likeness (QED) is 0.695. The van der Waals surface area contributed by atoms with Crippen LogP contribution >= 0.6 is 11.3 Å². The van der Waals surface area contributed by atoms with Crippen molar-refractivity contribution in [2.45, 2.75) is 6.54 Å². The molecule has 2 heterocycles. The van der Waals surface area contributed by atoms with Gasteiger partial charge in [-0.05, 0) is 12.1 Å². The Morgan fingerprint density at radius 2 is 2.54 bits per heavy atom. The predicted octanol–water partition coefficient (Wildman–Crippen LogP) is 1.81. The number of thiazole rings is 1. The van der Waals surface area contributed by atoms with Gasteiger partial charge in [-0.25, -0.2) is 0 Å². The molecule has 0 aliphatic rings. The fourth-order valence-corrected chi connectivity index (χ4v) is 1.76. The number of nitrogens with zero attached hydrogens (tertiary/aromatic N) is 2. The second-order valence-electron chi connectivity index (χ2n) is 2.65. The number of aldehydes is 1. The summed E-state index contributed by atoms with van der Waals surface area (Å²) in [4.78, 5) is 15.7. The molecule has 2 aromatic heterocycles. The highest BCUT2D eigenvalue weighted by molar-refractivity contribution is 7.09. The molecule has 3 nitrogen and oxygen atoms in total. The van der Waals surface area contributed by atoms with Gasteiger partial charge in [0, 0.05) is 17.3 Å². The summed E-state index contributed by atoms with van der Waals surface area (Å²) in [7, 11) is 0. The Kier molecular flexibility index (Phi) is 2.23. The molecule has 0 aliphatic heterocycles. The molecule has 66 valence electrons. The molecule has 0 aliphatic carbocycles. The summed E-state index contributed by atoms with van der Waals surface area (Å²) in [6.07, 6.45) is 4.57. The van der Waals surface area contributed by atoms with Crippen LogP contribution in [0.25, 0.3) is 0 Å². The lowest BCUT2D eigenvalue weighted by Crippen LogP contribution is -2.00. The van der Waals surface area contributed by atoms with Crippen LogP contribution in [-0.2, 0) is 6.54 Å². The fraction of sp³-hybridized carbons (Fsp3) is 0.111. The largest absolute Gasteiger partial charge is 0.340 e. The Morgan fingerprint density at radius 1 is 1.62 bits per heavy atom. The highest BCUT2D eigenvalue weighted by Gasteiger charge is 2.00. The molecule has 0 N–H and O–H groups in total. The minimum atomic E-state index is 0.702. The van der Waals surface area contributed by atoms with Crippen LogP contribution in [0.2, 0.25) is 0 Å². The molecule has 2 rings (SSSR count). The lowest BCUT2D eigenvalue weighted by molar-refractivity contribution is 0.111. The first-order chi connectivity index (χ1) is 6.40. The molecule has 0 spiro atoms. The van der Waals surface area contributed by atoms with Crippen LogP contribution < -0.4 is 0 Å². The molecule has 13 heavy (non-hydrogen) atoms. The highest BCUT2D eigenvalue weighted by atomic mass is 32.1. The molecule has 0 aromatic carbocycles. The number of aromatic nitrogens is 2.